The Hall–Kier alpha value is -1.02. The van der Waals surface area contributed by atoms with Crippen LogP contribution in [-0.2, 0) is 0 Å². The van der Waals surface area contributed by atoms with E-state index in [0.717, 1.165) is 12.5 Å². The molecular formula is C11H16N2. The Morgan fingerprint density at radius 1 is 1.31 bits per heavy atom. The number of hydrogen-bond acceptors (Lipinski definition) is 2. The summed E-state index contributed by atoms with van der Waals surface area (Å²) in [5.41, 5.74) is 2.55. The van der Waals surface area contributed by atoms with Gasteiger partial charge in [0.05, 0.1) is 0 Å². The molecule has 0 aliphatic carbocycles. The number of anilines is 1. The first-order valence-corrected chi connectivity index (χ1v) is 4.86. The average molecular weight is 176 g/mol. The number of nitrogens with one attached hydrogen (secondary N) is 2. The Bertz CT molecular complexity index is 262. The molecule has 0 aromatic heterocycles. The normalized spacial score (nSPS) is 16.7. The molecule has 2 rings (SSSR count). The molecule has 0 spiro atoms. The summed E-state index contributed by atoms with van der Waals surface area (Å²) in [5, 5.41) is 6.70. The lowest BCUT2D eigenvalue weighted by Gasteiger charge is -2.27. The van der Waals surface area contributed by atoms with E-state index in [0.29, 0.717) is 0 Å². The van der Waals surface area contributed by atoms with Gasteiger partial charge in [0, 0.05) is 31.2 Å². The summed E-state index contributed by atoms with van der Waals surface area (Å²) in [4.78, 5) is 0. The van der Waals surface area contributed by atoms with E-state index in [1.807, 2.05) is 0 Å². The molecule has 1 heterocycles. The fraction of sp³-hybridized carbons (Fsp3) is 0.455. The third kappa shape index (κ3) is 2.22. The highest BCUT2D eigenvalue weighted by Gasteiger charge is 2.15. The van der Waals surface area contributed by atoms with Crippen LogP contribution in [0.15, 0.2) is 24.3 Å². The van der Waals surface area contributed by atoms with Crippen molar-refractivity contribution >= 4 is 5.69 Å². The van der Waals surface area contributed by atoms with Crippen molar-refractivity contribution in [2.45, 2.75) is 6.92 Å². The van der Waals surface area contributed by atoms with E-state index in [9.17, 15) is 0 Å². The fourth-order valence-electron chi connectivity index (χ4n) is 1.43. The summed E-state index contributed by atoms with van der Waals surface area (Å²) >= 11 is 0. The molecule has 1 aromatic carbocycles. The quantitative estimate of drug-likeness (QED) is 0.731. The van der Waals surface area contributed by atoms with E-state index in [4.69, 9.17) is 0 Å². The fourth-order valence-corrected chi connectivity index (χ4v) is 1.43. The van der Waals surface area contributed by atoms with Crippen LogP contribution in [0, 0.1) is 12.8 Å². The van der Waals surface area contributed by atoms with Crippen molar-refractivity contribution in [1.82, 2.24) is 5.32 Å². The average Bonchev–Trinajstić information content (AvgIpc) is 2.05. The van der Waals surface area contributed by atoms with Crippen molar-refractivity contribution in [3.63, 3.8) is 0 Å². The standard InChI is InChI=1S/C11H16N2/c1-9-2-4-11(5-3-9)13-8-10-6-12-7-10/h2-5,10,12-13H,6-8H2,1H3. The van der Waals surface area contributed by atoms with Crippen molar-refractivity contribution in [3.8, 4) is 0 Å². The van der Waals surface area contributed by atoms with Crippen LogP contribution in [0.4, 0.5) is 5.69 Å². The van der Waals surface area contributed by atoms with Gasteiger partial charge in [0.2, 0.25) is 0 Å². The highest BCUT2D eigenvalue weighted by atomic mass is 15.0. The van der Waals surface area contributed by atoms with Crippen molar-refractivity contribution in [3.05, 3.63) is 29.8 Å². The van der Waals surface area contributed by atoms with Gasteiger partial charge in [-0.25, -0.2) is 0 Å². The second kappa shape index (κ2) is 3.79. The number of aryl methyl sites for hydroxylation is 1. The van der Waals surface area contributed by atoms with Gasteiger partial charge in [-0.15, -0.1) is 0 Å². The smallest absolute Gasteiger partial charge is 0.0340 e. The Kier molecular flexibility index (Phi) is 2.50. The molecule has 1 aromatic rings. The topological polar surface area (TPSA) is 24.1 Å². The molecule has 1 aliphatic heterocycles. The molecule has 2 nitrogen and oxygen atoms in total. The lowest BCUT2D eigenvalue weighted by molar-refractivity contribution is 0.365. The minimum absolute atomic E-state index is 0.821. The molecule has 0 bridgehead atoms. The molecule has 0 unspecified atom stereocenters. The van der Waals surface area contributed by atoms with Gasteiger partial charge in [-0.1, -0.05) is 17.7 Å². The first-order chi connectivity index (χ1) is 6.34. The second-order valence-corrected chi connectivity index (χ2v) is 3.77. The lowest BCUT2D eigenvalue weighted by atomic mass is 10.0. The van der Waals surface area contributed by atoms with E-state index < -0.39 is 0 Å². The Morgan fingerprint density at radius 2 is 2.00 bits per heavy atom. The van der Waals surface area contributed by atoms with E-state index in [1.165, 1.54) is 24.3 Å². The molecule has 2 heteroatoms. The predicted octanol–water partition coefficient (Wildman–Crippen LogP) is 1.63. The number of rotatable bonds is 3. The second-order valence-electron chi connectivity index (χ2n) is 3.77. The SMILES string of the molecule is Cc1ccc(NCC2CNC2)cc1. The van der Waals surface area contributed by atoms with Crippen LogP contribution in [0.2, 0.25) is 0 Å². The minimum Gasteiger partial charge on any atom is -0.385 e. The van der Waals surface area contributed by atoms with Gasteiger partial charge in [0.15, 0.2) is 0 Å². The molecule has 13 heavy (non-hydrogen) atoms. The van der Waals surface area contributed by atoms with Crippen LogP contribution in [-0.4, -0.2) is 19.6 Å². The molecule has 0 atom stereocenters. The molecule has 1 saturated heterocycles. The van der Waals surface area contributed by atoms with E-state index in [1.54, 1.807) is 0 Å². The van der Waals surface area contributed by atoms with Crippen LogP contribution < -0.4 is 10.6 Å². The molecular weight excluding hydrogens is 160 g/mol. The van der Waals surface area contributed by atoms with Gasteiger partial charge in [0.25, 0.3) is 0 Å². The van der Waals surface area contributed by atoms with Gasteiger partial charge in [-0.2, -0.15) is 0 Å². The zero-order chi connectivity index (χ0) is 9.10. The molecule has 0 saturated carbocycles. The third-order valence-electron chi connectivity index (χ3n) is 2.51. The van der Waals surface area contributed by atoms with Crippen LogP contribution in [0.25, 0.3) is 0 Å². The maximum atomic E-state index is 3.43. The van der Waals surface area contributed by atoms with E-state index in [2.05, 4.69) is 41.8 Å². The molecule has 1 aliphatic rings. The molecule has 0 amide bonds. The van der Waals surface area contributed by atoms with Crippen LogP contribution in [0.3, 0.4) is 0 Å². The zero-order valence-electron chi connectivity index (χ0n) is 8.01. The summed E-state index contributed by atoms with van der Waals surface area (Å²) in [6.45, 7) is 5.54. The highest BCUT2D eigenvalue weighted by Crippen LogP contribution is 2.10. The van der Waals surface area contributed by atoms with Crippen molar-refractivity contribution in [2.24, 2.45) is 5.92 Å². The van der Waals surface area contributed by atoms with Crippen molar-refractivity contribution in [1.29, 1.82) is 0 Å². The van der Waals surface area contributed by atoms with Crippen LogP contribution >= 0.6 is 0 Å². The molecule has 2 N–H and O–H groups in total. The zero-order valence-corrected chi connectivity index (χ0v) is 8.01. The maximum Gasteiger partial charge on any atom is 0.0340 e. The molecule has 1 fully saturated rings. The van der Waals surface area contributed by atoms with Crippen LogP contribution in [0.1, 0.15) is 5.56 Å². The first-order valence-electron chi connectivity index (χ1n) is 4.86. The van der Waals surface area contributed by atoms with Crippen molar-refractivity contribution in [2.75, 3.05) is 25.0 Å². The highest BCUT2D eigenvalue weighted by molar-refractivity contribution is 5.44. The number of benzene rings is 1. The Balaban J connectivity index is 1.83. The van der Waals surface area contributed by atoms with E-state index in [-0.39, 0.29) is 0 Å². The summed E-state index contributed by atoms with van der Waals surface area (Å²) in [6.07, 6.45) is 0. The predicted molar refractivity (Wildman–Crippen MR) is 56.0 cm³/mol. The summed E-state index contributed by atoms with van der Waals surface area (Å²) < 4.78 is 0. The van der Waals surface area contributed by atoms with Gasteiger partial charge in [-0.3, -0.25) is 0 Å². The van der Waals surface area contributed by atoms with Gasteiger partial charge in [0.1, 0.15) is 0 Å². The largest absolute Gasteiger partial charge is 0.385 e. The monoisotopic (exact) mass is 176 g/mol. The number of hydrogen-bond donors (Lipinski definition) is 2. The third-order valence-corrected chi connectivity index (χ3v) is 2.51. The maximum absolute atomic E-state index is 3.43. The minimum atomic E-state index is 0.821. The summed E-state index contributed by atoms with van der Waals surface area (Å²) in [6, 6.07) is 8.56. The Labute approximate surface area is 79.4 Å². The van der Waals surface area contributed by atoms with E-state index >= 15 is 0 Å². The summed E-state index contributed by atoms with van der Waals surface area (Å²) in [5.74, 6) is 0.821. The summed E-state index contributed by atoms with van der Waals surface area (Å²) in [7, 11) is 0. The molecule has 0 radical (unpaired) electrons. The lowest BCUT2D eigenvalue weighted by Crippen LogP contribution is -2.45. The first kappa shape index (κ1) is 8.57. The van der Waals surface area contributed by atoms with Crippen molar-refractivity contribution < 1.29 is 0 Å². The van der Waals surface area contributed by atoms with Crippen LogP contribution in [0.5, 0.6) is 0 Å². The molecule has 70 valence electrons. The van der Waals surface area contributed by atoms with Gasteiger partial charge >= 0.3 is 0 Å². The van der Waals surface area contributed by atoms with Gasteiger partial charge < -0.3 is 10.6 Å². The van der Waals surface area contributed by atoms with Gasteiger partial charge in [-0.05, 0) is 19.1 Å². The Morgan fingerprint density at radius 3 is 2.54 bits per heavy atom.